The maximum absolute atomic E-state index is 12.7. The van der Waals surface area contributed by atoms with Gasteiger partial charge in [-0.25, -0.2) is 14.5 Å². The van der Waals surface area contributed by atoms with Crippen LogP contribution in [0.5, 0.6) is 0 Å². The fraction of sp³-hybridized carbons (Fsp3) is 0.375. The van der Waals surface area contributed by atoms with Crippen molar-refractivity contribution in [2.24, 2.45) is 5.73 Å². The topological polar surface area (TPSA) is 120 Å². The van der Waals surface area contributed by atoms with Crippen LogP contribution >= 0.6 is 0 Å². The summed E-state index contributed by atoms with van der Waals surface area (Å²) in [6.07, 6.45) is 6.85. The fourth-order valence-corrected chi connectivity index (χ4v) is 4.74. The van der Waals surface area contributed by atoms with Crippen LogP contribution in [0.1, 0.15) is 58.8 Å². The average molecular weight is 446 g/mol. The van der Waals surface area contributed by atoms with Gasteiger partial charge in [-0.05, 0) is 56.9 Å². The van der Waals surface area contributed by atoms with Crippen LogP contribution in [0, 0.1) is 13.8 Å². The SMILES string of the molecule is Cc1nc2c(C(N)=O)cnn2c(C)c1CCC(=O)Nc1ccc2c(c1)nc1n2CCCCC1. The molecule has 0 unspecified atom stereocenters. The third kappa shape index (κ3) is 3.83. The van der Waals surface area contributed by atoms with E-state index in [1.54, 1.807) is 4.52 Å². The lowest BCUT2D eigenvalue weighted by atomic mass is 10.1. The van der Waals surface area contributed by atoms with E-state index in [9.17, 15) is 9.59 Å². The monoisotopic (exact) mass is 445 g/mol. The lowest BCUT2D eigenvalue weighted by molar-refractivity contribution is -0.116. The van der Waals surface area contributed by atoms with Crippen LogP contribution < -0.4 is 11.1 Å². The fourth-order valence-electron chi connectivity index (χ4n) is 4.74. The van der Waals surface area contributed by atoms with Crippen molar-refractivity contribution in [1.29, 1.82) is 0 Å². The first kappa shape index (κ1) is 21.1. The van der Waals surface area contributed by atoms with Crippen molar-refractivity contribution < 1.29 is 9.59 Å². The highest BCUT2D eigenvalue weighted by molar-refractivity contribution is 5.98. The number of aromatic nitrogens is 5. The number of anilines is 1. The molecular weight excluding hydrogens is 418 g/mol. The number of aryl methyl sites for hydroxylation is 4. The number of hydrogen-bond acceptors (Lipinski definition) is 5. The van der Waals surface area contributed by atoms with E-state index in [4.69, 9.17) is 10.7 Å². The Morgan fingerprint density at radius 2 is 2.00 bits per heavy atom. The smallest absolute Gasteiger partial charge is 0.254 e. The number of nitrogens with two attached hydrogens (primary N) is 1. The molecule has 170 valence electrons. The first-order valence-electron chi connectivity index (χ1n) is 11.3. The second-order valence-electron chi connectivity index (χ2n) is 8.66. The molecule has 1 aliphatic rings. The summed E-state index contributed by atoms with van der Waals surface area (Å²) >= 11 is 0. The van der Waals surface area contributed by atoms with Gasteiger partial charge >= 0.3 is 0 Å². The maximum Gasteiger partial charge on any atom is 0.254 e. The van der Waals surface area contributed by atoms with E-state index >= 15 is 0 Å². The lowest BCUT2D eigenvalue weighted by Crippen LogP contribution is -2.15. The molecule has 9 heteroatoms. The van der Waals surface area contributed by atoms with Gasteiger partial charge in [0.05, 0.1) is 17.2 Å². The van der Waals surface area contributed by atoms with Gasteiger partial charge in [0.25, 0.3) is 5.91 Å². The molecular formula is C24H27N7O2. The van der Waals surface area contributed by atoms with Crippen LogP contribution in [-0.4, -0.2) is 36.0 Å². The molecule has 5 rings (SSSR count). The number of fused-ring (bicyclic) bond motifs is 4. The molecule has 3 N–H and O–H groups in total. The number of benzene rings is 1. The second-order valence-corrected chi connectivity index (χ2v) is 8.66. The van der Waals surface area contributed by atoms with Gasteiger partial charge in [-0.1, -0.05) is 6.42 Å². The van der Waals surface area contributed by atoms with Crippen LogP contribution in [0.4, 0.5) is 5.69 Å². The predicted octanol–water partition coefficient (Wildman–Crippen LogP) is 3.09. The van der Waals surface area contributed by atoms with Gasteiger partial charge < -0.3 is 15.6 Å². The van der Waals surface area contributed by atoms with E-state index in [2.05, 4.69) is 20.0 Å². The van der Waals surface area contributed by atoms with E-state index in [-0.39, 0.29) is 11.5 Å². The van der Waals surface area contributed by atoms with Crippen LogP contribution in [0.2, 0.25) is 0 Å². The second kappa shape index (κ2) is 8.31. The minimum absolute atomic E-state index is 0.0766. The highest BCUT2D eigenvalue weighted by atomic mass is 16.2. The standard InChI is InChI=1S/C24H27N7O2/c1-14-17(15(2)31-24(27-14)18(13-26-31)23(25)33)8-10-22(32)28-16-7-9-20-19(12-16)29-21-6-4-3-5-11-30(20)21/h7,9,12-13H,3-6,8,10-11H2,1-2H3,(H2,25,33)(H,28,32). The summed E-state index contributed by atoms with van der Waals surface area (Å²) in [4.78, 5) is 33.6. The molecule has 0 spiro atoms. The summed E-state index contributed by atoms with van der Waals surface area (Å²) in [5.74, 6) is 0.500. The molecule has 9 nitrogen and oxygen atoms in total. The largest absolute Gasteiger partial charge is 0.365 e. The zero-order valence-electron chi connectivity index (χ0n) is 18.9. The molecule has 0 saturated heterocycles. The van der Waals surface area contributed by atoms with E-state index in [0.29, 0.717) is 18.5 Å². The quantitative estimate of drug-likeness (QED) is 0.489. The maximum atomic E-state index is 12.7. The first-order chi connectivity index (χ1) is 15.9. The zero-order chi connectivity index (χ0) is 23.1. The Bertz CT molecular complexity index is 1400. The lowest BCUT2D eigenvalue weighted by Gasteiger charge is -2.12. The van der Waals surface area contributed by atoms with Crippen molar-refractivity contribution >= 4 is 34.2 Å². The Morgan fingerprint density at radius 1 is 1.15 bits per heavy atom. The molecule has 0 atom stereocenters. The van der Waals surface area contributed by atoms with Gasteiger partial charge in [-0.3, -0.25) is 9.59 Å². The predicted molar refractivity (Wildman–Crippen MR) is 125 cm³/mol. The molecule has 1 aliphatic heterocycles. The Balaban J connectivity index is 1.31. The summed E-state index contributed by atoms with van der Waals surface area (Å²) in [5, 5.41) is 7.24. The number of rotatable bonds is 5. The molecule has 0 fully saturated rings. The summed E-state index contributed by atoms with van der Waals surface area (Å²) < 4.78 is 3.92. The molecule has 4 heterocycles. The number of carbonyl (C=O) groups excluding carboxylic acids is 2. The van der Waals surface area contributed by atoms with Gasteiger partial charge in [0.1, 0.15) is 11.4 Å². The summed E-state index contributed by atoms with van der Waals surface area (Å²) in [6, 6.07) is 5.94. The van der Waals surface area contributed by atoms with Gasteiger partial charge in [0.2, 0.25) is 5.91 Å². The Kier molecular flexibility index (Phi) is 5.32. The van der Waals surface area contributed by atoms with E-state index in [0.717, 1.165) is 52.5 Å². The molecule has 33 heavy (non-hydrogen) atoms. The Morgan fingerprint density at radius 3 is 2.82 bits per heavy atom. The van der Waals surface area contributed by atoms with Crippen LogP contribution in [0.3, 0.4) is 0 Å². The van der Waals surface area contributed by atoms with Crippen molar-refractivity contribution in [2.45, 2.75) is 58.9 Å². The number of hydrogen-bond donors (Lipinski definition) is 2. The van der Waals surface area contributed by atoms with Crippen LogP contribution in [0.25, 0.3) is 16.7 Å². The van der Waals surface area contributed by atoms with Crippen molar-refractivity contribution in [2.75, 3.05) is 5.32 Å². The molecule has 1 aromatic carbocycles. The first-order valence-corrected chi connectivity index (χ1v) is 11.3. The number of amides is 2. The van der Waals surface area contributed by atoms with E-state index < -0.39 is 5.91 Å². The van der Waals surface area contributed by atoms with Gasteiger partial charge in [-0.2, -0.15) is 5.10 Å². The van der Waals surface area contributed by atoms with Gasteiger partial charge in [-0.15, -0.1) is 0 Å². The molecule has 3 aromatic heterocycles. The number of imidazole rings is 1. The minimum Gasteiger partial charge on any atom is -0.365 e. The number of nitrogens with zero attached hydrogens (tertiary/aromatic N) is 5. The van der Waals surface area contributed by atoms with E-state index in [1.165, 1.54) is 25.5 Å². The molecule has 0 bridgehead atoms. The molecule has 0 aliphatic carbocycles. The number of nitrogens with one attached hydrogen (secondary N) is 1. The van der Waals surface area contributed by atoms with Crippen LogP contribution in [-0.2, 0) is 24.2 Å². The average Bonchev–Trinajstić information content (AvgIpc) is 3.27. The highest BCUT2D eigenvalue weighted by Crippen LogP contribution is 2.25. The number of primary amides is 1. The van der Waals surface area contributed by atoms with Gasteiger partial charge in [0, 0.05) is 36.5 Å². The summed E-state index contributed by atoms with van der Waals surface area (Å²) in [7, 11) is 0. The third-order valence-electron chi connectivity index (χ3n) is 6.47. The zero-order valence-corrected chi connectivity index (χ0v) is 18.9. The highest BCUT2D eigenvalue weighted by Gasteiger charge is 2.18. The molecule has 4 aromatic rings. The minimum atomic E-state index is -0.561. The van der Waals surface area contributed by atoms with Crippen molar-refractivity contribution in [1.82, 2.24) is 24.1 Å². The van der Waals surface area contributed by atoms with Gasteiger partial charge in [0.15, 0.2) is 5.65 Å². The van der Waals surface area contributed by atoms with Crippen molar-refractivity contribution in [3.8, 4) is 0 Å². The summed E-state index contributed by atoms with van der Waals surface area (Å²) in [6.45, 7) is 4.78. The summed E-state index contributed by atoms with van der Waals surface area (Å²) in [5.41, 5.74) is 11.5. The van der Waals surface area contributed by atoms with Crippen LogP contribution in [0.15, 0.2) is 24.4 Å². The Labute approximate surface area is 191 Å². The molecule has 2 amide bonds. The van der Waals surface area contributed by atoms with Crippen molar-refractivity contribution in [3.63, 3.8) is 0 Å². The third-order valence-corrected chi connectivity index (χ3v) is 6.47. The van der Waals surface area contributed by atoms with E-state index in [1.807, 2.05) is 32.0 Å². The normalized spacial score (nSPS) is 13.8. The molecule has 0 radical (unpaired) electrons. The molecule has 0 saturated carbocycles. The number of carbonyl (C=O) groups is 2. The Hall–Kier alpha value is -3.75. The van der Waals surface area contributed by atoms with Crippen molar-refractivity contribution in [3.05, 3.63) is 52.7 Å².